The quantitative estimate of drug-likeness (QED) is 0.874. The molecule has 3 rings (SSSR count). The first-order chi connectivity index (χ1) is 11.7. The van der Waals surface area contributed by atoms with E-state index in [9.17, 15) is 9.90 Å². The normalized spacial score (nSPS) is 23.2. The van der Waals surface area contributed by atoms with Crippen molar-refractivity contribution >= 4 is 11.9 Å². The van der Waals surface area contributed by atoms with Gasteiger partial charge < -0.3 is 15.3 Å². The van der Waals surface area contributed by atoms with Gasteiger partial charge in [-0.3, -0.25) is 4.79 Å². The Morgan fingerprint density at radius 1 is 1.20 bits per heavy atom. The molecule has 0 atom stereocenters. The van der Waals surface area contributed by atoms with E-state index in [0.29, 0.717) is 17.4 Å². The number of nitrogens with one attached hydrogen (secondary N) is 1. The molecule has 2 heterocycles. The molecular formula is C19H30N4O2. The van der Waals surface area contributed by atoms with E-state index < -0.39 is 0 Å². The molecule has 0 radical (unpaired) electrons. The Morgan fingerprint density at radius 2 is 1.76 bits per heavy atom. The van der Waals surface area contributed by atoms with E-state index in [0.717, 1.165) is 32.4 Å². The van der Waals surface area contributed by atoms with Gasteiger partial charge in [0.15, 0.2) is 0 Å². The van der Waals surface area contributed by atoms with E-state index in [2.05, 4.69) is 47.9 Å². The van der Waals surface area contributed by atoms with Gasteiger partial charge in [0.1, 0.15) is 0 Å². The van der Waals surface area contributed by atoms with Crippen molar-refractivity contribution < 1.29 is 9.90 Å². The van der Waals surface area contributed by atoms with Crippen LogP contribution in [0.2, 0.25) is 0 Å². The second-order valence-electron chi connectivity index (χ2n) is 8.95. The number of piperidine rings is 1. The van der Waals surface area contributed by atoms with Crippen molar-refractivity contribution in [3.63, 3.8) is 0 Å². The molecule has 0 unspecified atom stereocenters. The Bertz CT molecular complexity index is 605. The van der Waals surface area contributed by atoms with Crippen molar-refractivity contribution in [1.82, 2.24) is 15.3 Å². The highest BCUT2D eigenvalue weighted by molar-refractivity contribution is 5.94. The number of carbonyl (C=O) groups is 1. The van der Waals surface area contributed by atoms with Gasteiger partial charge in [0.05, 0.1) is 5.56 Å². The van der Waals surface area contributed by atoms with Gasteiger partial charge in [0.25, 0.3) is 5.91 Å². The third-order valence-corrected chi connectivity index (χ3v) is 5.81. The van der Waals surface area contributed by atoms with E-state index in [4.69, 9.17) is 0 Å². The molecule has 0 spiro atoms. The summed E-state index contributed by atoms with van der Waals surface area (Å²) in [5.74, 6) is 0.948. The van der Waals surface area contributed by atoms with E-state index >= 15 is 0 Å². The molecule has 1 saturated heterocycles. The third kappa shape index (κ3) is 3.64. The zero-order valence-electron chi connectivity index (χ0n) is 15.7. The minimum absolute atomic E-state index is 0.101. The Balaban J connectivity index is 1.61. The number of nitrogens with zero attached hydrogens (tertiary/aromatic N) is 3. The standard InChI is InChI=1S/C19H30N4O2/c1-18(2)12-19(3,4)16(18)22-15(25)14-9-20-17(21-10-14)23-7-5-13(11-24)6-8-23/h9-10,13,16,24H,5-8,11-12H2,1-4H3,(H,22,25). The number of carbonyl (C=O) groups excluding carboxylic acids is 1. The van der Waals surface area contributed by atoms with Crippen LogP contribution in [-0.2, 0) is 0 Å². The Morgan fingerprint density at radius 3 is 2.24 bits per heavy atom. The average Bonchev–Trinajstić information content (AvgIpc) is 2.58. The van der Waals surface area contributed by atoms with E-state index in [1.807, 2.05) is 0 Å². The van der Waals surface area contributed by atoms with Crippen LogP contribution in [-0.4, -0.2) is 46.7 Å². The first-order valence-corrected chi connectivity index (χ1v) is 9.22. The molecule has 2 fully saturated rings. The topological polar surface area (TPSA) is 78.4 Å². The number of aliphatic hydroxyl groups excluding tert-OH is 1. The molecule has 0 bridgehead atoms. The van der Waals surface area contributed by atoms with Crippen LogP contribution in [0.3, 0.4) is 0 Å². The molecule has 1 aliphatic carbocycles. The predicted molar refractivity (Wildman–Crippen MR) is 97.5 cm³/mol. The summed E-state index contributed by atoms with van der Waals surface area (Å²) in [5, 5.41) is 12.4. The van der Waals surface area contributed by atoms with Crippen LogP contribution in [0.5, 0.6) is 0 Å². The number of anilines is 1. The number of aliphatic hydroxyl groups is 1. The van der Waals surface area contributed by atoms with Gasteiger partial charge in [0, 0.05) is 38.1 Å². The second-order valence-corrected chi connectivity index (χ2v) is 8.95. The lowest BCUT2D eigenvalue weighted by Crippen LogP contribution is -2.63. The van der Waals surface area contributed by atoms with Crippen LogP contribution in [0.1, 0.15) is 57.3 Å². The molecule has 1 aliphatic heterocycles. The number of amides is 1. The highest BCUT2D eigenvalue weighted by Crippen LogP contribution is 2.53. The van der Waals surface area contributed by atoms with Crippen LogP contribution in [0.4, 0.5) is 5.95 Å². The summed E-state index contributed by atoms with van der Waals surface area (Å²) in [7, 11) is 0. The summed E-state index contributed by atoms with van der Waals surface area (Å²) in [5.41, 5.74) is 0.751. The fraction of sp³-hybridized carbons (Fsp3) is 0.737. The number of hydrogen-bond acceptors (Lipinski definition) is 5. The molecule has 25 heavy (non-hydrogen) atoms. The zero-order valence-corrected chi connectivity index (χ0v) is 15.7. The van der Waals surface area contributed by atoms with Gasteiger partial charge in [-0.2, -0.15) is 0 Å². The maximum absolute atomic E-state index is 12.6. The summed E-state index contributed by atoms with van der Waals surface area (Å²) in [6.07, 6.45) is 6.25. The third-order valence-electron chi connectivity index (χ3n) is 5.81. The molecule has 2 N–H and O–H groups in total. The molecule has 6 heteroatoms. The fourth-order valence-electron chi connectivity index (χ4n) is 4.83. The lowest BCUT2D eigenvalue weighted by Gasteiger charge is -2.57. The predicted octanol–water partition coefficient (Wildman–Crippen LogP) is 2.24. The molecule has 1 saturated carbocycles. The summed E-state index contributed by atoms with van der Waals surface area (Å²) in [4.78, 5) is 23.5. The SMILES string of the molecule is CC1(C)CC(C)(C)C1NC(=O)c1cnc(N2CCC(CO)CC2)nc1. The molecule has 0 aromatic carbocycles. The first kappa shape index (κ1) is 18.1. The van der Waals surface area contributed by atoms with Gasteiger partial charge in [0.2, 0.25) is 5.95 Å². The number of rotatable bonds is 4. The smallest absolute Gasteiger partial charge is 0.254 e. The average molecular weight is 346 g/mol. The van der Waals surface area contributed by atoms with Crippen molar-refractivity contribution in [3.05, 3.63) is 18.0 Å². The van der Waals surface area contributed by atoms with Gasteiger partial charge in [-0.1, -0.05) is 27.7 Å². The maximum atomic E-state index is 12.6. The minimum Gasteiger partial charge on any atom is -0.396 e. The minimum atomic E-state index is -0.101. The van der Waals surface area contributed by atoms with Crippen molar-refractivity contribution in [2.45, 2.75) is 53.0 Å². The van der Waals surface area contributed by atoms with Crippen molar-refractivity contribution in [1.29, 1.82) is 0 Å². The second kappa shape index (κ2) is 6.56. The van der Waals surface area contributed by atoms with Crippen LogP contribution < -0.4 is 10.2 Å². The molecule has 2 aliphatic rings. The first-order valence-electron chi connectivity index (χ1n) is 9.22. The Hall–Kier alpha value is -1.69. The summed E-state index contributed by atoms with van der Waals surface area (Å²) in [6, 6.07) is 0.157. The monoisotopic (exact) mass is 346 g/mol. The van der Waals surface area contributed by atoms with Crippen molar-refractivity contribution in [3.8, 4) is 0 Å². The Labute approximate surface area is 150 Å². The largest absolute Gasteiger partial charge is 0.396 e. The highest BCUT2D eigenvalue weighted by atomic mass is 16.3. The zero-order chi connectivity index (χ0) is 18.2. The van der Waals surface area contributed by atoms with Gasteiger partial charge in [-0.25, -0.2) is 9.97 Å². The van der Waals surface area contributed by atoms with Gasteiger partial charge in [-0.05, 0) is 36.0 Å². The number of aromatic nitrogens is 2. The van der Waals surface area contributed by atoms with E-state index in [1.54, 1.807) is 12.4 Å². The van der Waals surface area contributed by atoms with Crippen LogP contribution in [0.25, 0.3) is 0 Å². The molecule has 6 nitrogen and oxygen atoms in total. The van der Waals surface area contributed by atoms with Gasteiger partial charge in [-0.15, -0.1) is 0 Å². The highest BCUT2D eigenvalue weighted by Gasteiger charge is 2.53. The maximum Gasteiger partial charge on any atom is 0.254 e. The Kier molecular flexibility index (Phi) is 4.75. The van der Waals surface area contributed by atoms with E-state index in [1.165, 1.54) is 0 Å². The molecular weight excluding hydrogens is 316 g/mol. The summed E-state index contributed by atoms with van der Waals surface area (Å²) < 4.78 is 0. The number of hydrogen-bond donors (Lipinski definition) is 2. The lowest BCUT2D eigenvalue weighted by atomic mass is 9.52. The molecule has 1 aromatic rings. The van der Waals surface area contributed by atoms with Crippen LogP contribution in [0, 0.1) is 16.7 Å². The van der Waals surface area contributed by atoms with Crippen LogP contribution >= 0.6 is 0 Å². The summed E-state index contributed by atoms with van der Waals surface area (Å²) in [6.45, 7) is 10.7. The molecule has 138 valence electrons. The van der Waals surface area contributed by atoms with E-state index in [-0.39, 0.29) is 29.4 Å². The fourth-order valence-corrected chi connectivity index (χ4v) is 4.83. The summed E-state index contributed by atoms with van der Waals surface area (Å²) >= 11 is 0. The molecule has 1 amide bonds. The van der Waals surface area contributed by atoms with Gasteiger partial charge >= 0.3 is 0 Å². The van der Waals surface area contributed by atoms with Crippen molar-refractivity contribution in [2.75, 3.05) is 24.6 Å². The lowest BCUT2D eigenvalue weighted by molar-refractivity contribution is -0.0366. The molecule has 1 aromatic heterocycles. The van der Waals surface area contributed by atoms with Crippen LogP contribution in [0.15, 0.2) is 12.4 Å². The van der Waals surface area contributed by atoms with Crippen molar-refractivity contribution in [2.24, 2.45) is 16.7 Å².